The first kappa shape index (κ1) is 25.0. The molecule has 8 heteroatoms. The third-order valence-electron chi connectivity index (χ3n) is 5.03. The summed E-state index contributed by atoms with van der Waals surface area (Å²) < 4.78 is 0. The molecule has 2 rings (SSSR count). The number of likely N-dealkylation sites (N-methyl/N-ethyl adjacent to an activating group) is 1. The Labute approximate surface area is 173 Å². The van der Waals surface area contributed by atoms with E-state index >= 15 is 0 Å². The molecule has 0 bridgehead atoms. The van der Waals surface area contributed by atoms with Crippen molar-refractivity contribution in [3.05, 3.63) is 35.9 Å². The molecule has 164 valence electrons. The van der Waals surface area contributed by atoms with Crippen LogP contribution in [-0.2, 0) is 16.1 Å². The van der Waals surface area contributed by atoms with Gasteiger partial charge in [-0.1, -0.05) is 44.2 Å². The molecule has 4 N–H and O–H groups in total. The van der Waals surface area contributed by atoms with Gasteiger partial charge in [0.25, 0.3) is 0 Å². The number of hydrogen-bond donors (Lipinski definition) is 4. The summed E-state index contributed by atoms with van der Waals surface area (Å²) in [4.78, 5) is 23.0. The second-order valence-electron chi connectivity index (χ2n) is 7.19. The minimum absolute atomic E-state index is 0.266. The molecule has 1 fully saturated rings. The predicted octanol–water partition coefficient (Wildman–Crippen LogP) is 1.10. The van der Waals surface area contributed by atoms with Crippen molar-refractivity contribution in [1.29, 1.82) is 0 Å². The number of hydrogen-bond acceptors (Lipinski definition) is 6. The molecule has 1 aliphatic heterocycles. The fourth-order valence-corrected chi connectivity index (χ4v) is 3.28. The number of carboxylic acids is 2. The maximum Gasteiger partial charge on any atom is 0.414 e. The van der Waals surface area contributed by atoms with Crippen LogP contribution in [-0.4, -0.2) is 88.5 Å². The molecule has 0 aromatic heterocycles. The Hall–Kier alpha value is -2.00. The fourth-order valence-electron chi connectivity index (χ4n) is 3.28. The van der Waals surface area contributed by atoms with Gasteiger partial charge < -0.3 is 25.5 Å². The van der Waals surface area contributed by atoms with Crippen LogP contribution in [0.25, 0.3) is 0 Å². The van der Waals surface area contributed by atoms with Crippen molar-refractivity contribution < 1.29 is 24.9 Å². The van der Waals surface area contributed by atoms with Crippen LogP contribution in [0.4, 0.5) is 0 Å². The van der Waals surface area contributed by atoms with Crippen molar-refractivity contribution >= 4 is 11.9 Å². The minimum atomic E-state index is -1.82. The molecule has 29 heavy (non-hydrogen) atoms. The lowest BCUT2D eigenvalue weighted by atomic mass is 10.0. The molecule has 0 radical (unpaired) electrons. The predicted molar refractivity (Wildman–Crippen MR) is 112 cm³/mol. The maximum absolute atomic E-state index is 10.1. The average molecular weight is 410 g/mol. The van der Waals surface area contributed by atoms with Gasteiger partial charge in [0.2, 0.25) is 0 Å². The van der Waals surface area contributed by atoms with Crippen molar-refractivity contribution in [3.63, 3.8) is 0 Å². The van der Waals surface area contributed by atoms with E-state index in [0.29, 0.717) is 12.6 Å². The van der Waals surface area contributed by atoms with Crippen LogP contribution < -0.4 is 5.32 Å². The van der Waals surface area contributed by atoms with E-state index in [1.165, 1.54) is 18.4 Å². The van der Waals surface area contributed by atoms with E-state index in [9.17, 15) is 5.11 Å². The largest absolute Gasteiger partial charge is 0.473 e. The van der Waals surface area contributed by atoms with E-state index in [1.54, 1.807) is 0 Å². The highest BCUT2D eigenvalue weighted by Gasteiger charge is 2.20. The number of aliphatic hydroxyl groups is 1. The van der Waals surface area contributed by atoms with Gasteiger partial charge in [-0.25, -0.2) is 9.59 Å². The van der Waals surface area contributed by atoms with Gasteiger partial charge in [0.15, 0.2) is 0 Å². The third kappa shape index (κ3) is 10.9. The summed E-state index contributed by atoms with van der Waals surface area (Å²) in [5.74, 6) is -3.65. The Kier molecular flexibility index (Phi) is 12.1. The van der Waals surface area contributed by atoms with E-state index in [2.05, 4.69) is 59.3 Å². The Bertz CT molecular complexity index is 575. The second kappa shape index (κ2) is 14.1. The zero-order valence-electron chi connectivity index (χ0n) is 17.5. The number of aliphatic carboxylic acids is 2. The van der Waals surface area contributed by atoms with Gasteiger partial charge in [-0.2, -0.15) is 0 Å². The van der Waals surface area contributed by atoms with Crippen molar-refractivity contribution in [3.8, 4) is 0 Å². The Morgan fingerprint density at radius 2 is 1.66 bits per heavy atom. The van der Waals surface area contributed by atoms with Crippen LogP contribution in [0.15, 0.2) is 30.3 Å². The van der Waals surface area contributed by atoms with Crippen LogP contribution in [0.1, 0.15) is 32.3 Å². The number of carboxylic acid groups (broad SMARTS) is 2. The zero-order chi connectivity index (χ0) is 21.6. The molecule has 1 aromatic rings. The summed E-state index contributed by atoms with van der Waals surface area (Å²) in [6, 6.07) is 11.3. The lowest BCUT2D eigenvalue weighted by Gasteiger charge is -2.33. The molecule has 0 aliphatic carbocycles. The first-order valence-electron chi connectivity index (χ1n) is 10.2. The van der Waals surface area contributed by atoms with Gasteiger partial charge in [0.05, 0.1) is 6.10 Å². The molecule has 1 saturated heterocycles. The van der Waals surface area contributed by atoms with Crippen molar-refractivity contribution in [2.24, 2.45) is 0 Å². The second-order valence-corrected chi connectivity index (χ2v) is 7.19. The molecule has 0 amide bonds. The standard InChI is InChI=1S/C19H33N3O.C2H2O4/c1-3-21(4-2)16-19(23)14-20-18-10-12-22(13-11-18)15-17-8-6-5-7-9-17;3-1(4)2(5)6/h5-9,18-20,23H,3-4,10-16H2,1-2H3;(H,3,4)(H,5,6). The zero-order valence-corrected chi connectivity index (χ0v) is 17.5. The highest BCUT2D eigenvalue weighted by Crippen LogP contribution is 2.13. The number of likely N-dealkylation sites (tertiary alicyclic amines) is 1. The van der Waals surface area contributed by atoms with Gasteiger partial charge in [0.1, 0.15) is 0 Å². The van der Waals surface area contributed by atoms with Crippen molar-refractivity contribution in [1.82, 2.24) is 15.1 Å². The van der Waals surface area contributed by atoms with Crippen LogP contribution >= 0.6 is 0 Å². The van der Waals surface area contributed by atoms with E-state index in [-0.39, 0.29) is 6.10 Å². The number of nitrogens with zero attached hydrogens (tertiary/aromatic N) is 2. The highest BCUT2D eigenvalue weighted by molar-refractivity contribution is 6.27. The average Bonchev–Trinajstić information content (AvgIpc) is 2.72. The summed E-state index contributed by atoms with van der Waals surface area (Å²) in [5, 5.41) is 28.5. The molecular formula is C21H35N3O5. The SMILES string of the molecule is CCN(CC)CC(O)CNC1CCN(Cc2ccccc2)CC1.O=C(O)C(=O)O. The molecule has 1 aliphatic rings. The Morgan fingerprint density at radius 3 is 2.14 bits per heavy atom. The van der Waals surface area contributed by atoms with Crippen molar-refractivity contribution in [2.45, 2.75) is 45.4 Å². The van der Waals surface area contributed by atoms with Crippen molar-refractivity contribution in [2.75, 3.05) is 39.3 Å². The van der Waals surface area contributed by atoms with E-state index < -0.39 is 11.9 Å². The normalized spacial score (nSPS) is 16.1. The summed E-state index contributed by atoms with van der Waals surface area (Å²) in [5.41, 5.74) is 1.40. The van der Waals surface area contributed by atoms with Gasteiger partial charge in [-0.3, -0.25) is 4.90 Å². The summed E-state index contributed by atoms with van der Waals surface area (Å²) in [6.07, 6.45) is 2.08. The number of nitrogens with one attached hydrogen (secondary N) is 1. The first-order valence-corrected chi connectivity index (χ1v) is 10.2. The molecule has 8 nitrogen and oxygen atoms in total. The first-order chi connectivity index (χ1) is 13.8. The summed E-state index contributed by atoms with van der Waals surface area (Å²) in [7, 11) is 0. The molecular weight excluding hydrogens is 374 g/mol. The lowest BCUT2D eigenvalue weighted by Crippen LogP contribution is -2.46. The van der Waals surface area contributed by atoms with Crippen LogP contribution in [0.3, 0.4) is 0 Å². The minimum Gasteiger partial charge on any atom is -0.473 e. The summed E-state index contributed by atoms with van der Waals surface area (Å²) >= 11 is 0. The molecule has 1 heterocycles. The Balaban J connectivity index is 0.000000612. The van der Waals surface area contributed by atoms with Gasteiger partial charge in [-0.15, -0.1) is 0 Å². The monoisotopic (exact) mass is 409 g/mol. The van der Waals surface area contributed by atoms with E-state index in [0.717, 1.165) is 39.3 Å². The molecule has 0 spiro atoms. The van der Waals surface area contributed by atoms with Crippen LogP contribution in [0, 0.1) is 0 Å². The number of piperidine rings is 1. The number of rotatable bonds is 9. The van der Waals surface area contributed by atoms with E-state index in [4.69, 9.17) is 19.8 Å². The number of carbonyl (C=O) groups is 2. The number of benzene rings is 1. The molecule has 1 atom stereocenters. The fraction of sp³-hybridized carbons (Fsp3) is 0.619. The molecule has 1 aromatic carbocycles. The third-order valence-corrected chi connectivity index (χ3v) is 5.03. The lowest BCUT2D eigenvalue weighted by molar-refractivity contribution is -0.159. The maximum atomic E-state index is 10.1. The van der Waals surface area contributed by atoms with Gasteiger partial charge in [0, 0.05) is 25.7 Å². The van der Waals surface area contributed by atoms with E-state index in [1.807, 2.05) is 0 Å². The highest BCUT2D eigenvalue weighted by atomic mass is 16.4. The van der Waals surface area contributed by atoms with Gasteiger partial charge >= 0.3 is 11.9 Å². The number of aliphatic hydroxyl groups excluding tert-OH is 1. The topological polar surface area (TPSA) is 113 Å². The quantitative estimate of drug-likeness (QED) is 0.449. The molecule has 1 unspecified atom stereocenters. The van der Waals surface area contributed by atoms with Crippen LogP contribution in [0.2, 0.25) is 0 Å². The van der Waals surface area contributed by atoms with Gasteiger partial charge in [-0.05, 0) is 44.6 Å². The Morgan fingerprint density at radius 1 is 1.10 bits per heavy atom. The summed E-state index contributed by atoms with van der Waals surface area (Å²) in [6.45, 7) is 11.1. The smallest absolute Gasteiger partial charge is 0.414 e. The molecule has 0 saturated carbocycles. The van der Waals surface area contributed by atoms with Crippen LogP contribution in [0.5, 0.6) is 0 Å².